The topological polar surface area (TPSA) is 105 Å². The van der Waals surface area contributed by atoms with Gasteiger partial charge < -0.3 is 18.9 Å². The van der Waals surface area contributed by atoms with Crippen LogP contribution >= 0.6 is 0 Å². The smallest absolute Gasteiger partial charge is 0.302 e. The highest BCUT2D eigenvalue weighted by molar-refractivity contribution is 5.66. The van der Waals surface area contributed by atoms with Crippen molar-refractivity contribution < 1.29 is 38.1 Å². The van der Waals surface area contributed by atoms with Gasteiger partial charge in [-0.1, -0.05) is 198 Å². The molecule has 0 rings (SSSR count). The molecule has 0 radical (unpaired) electrons. The minimum Gasteiger partial charge on any atom is -0.466 e. The highest BCUT2D eigenvalue weighted by Crippen LogP contribution is 1.97. The Morgan fingerprint density at radius 2 is 0.333 bits per heavy atom. The molecular weight excluding hydrogens is 680 g/mol. The Balaban J connectivity index is -0.0000000603. The molecule has 0 amide bonds. The molecule has 0 aromatic rings. The second kappa shape index (κ2) is 88.2. The van der Waals surface area contributed by atoms with Crippen molar-refractivity contribution in [3.8, 4) is 0 Å². The largest absolute Gasteiger partial charge is 0.466 e. The normalized spacial score (nSPS) is 8.41. The lowest BCUT2D eigenvalue weighted by Gasteiger charge is -1.89. The van der Waals surface area contributed by atoms with Crippen LogP contribution in [0.25, 0.3) is 0 Å². The van der Waals surface area contributed by atoms with Gasteiger partial charge in [0.05, 0.1) is 26.4 Å². The molecule has 0 bridgehead atoms. The maximum Gasteiger partial charge on any atom is 0.302 e. The Labute approximate surface area is 340 Å². The predicted octanol–water partition coefficient (Wildman–Crippen LogP) is 15.2. The van der Waals surface area contributed by atoms with Crippen LogP contribution in [0.4, 0.5) is 0 Å². The average Bonchev–Trinajstić information content (AvgIpc) is 3.12. The van der Waals surface area contributed by atoms with Gasteiger partial charge in [-0.3, -0.25) is 19.2 Å². The van der Waals surface area contributed by atoms with Gasteiger partial charge in [-0.05, 0) is 27.7 Å². The molecule has 0 saturated heterocycles. The molecule has 0 N–H and O–H groups in total. The monoisotopic (exact) mass is 783 g/mol. The van der Waals surface area contributed by atoms with Crippen LogP contribution in [0.3, 0.4) is 0 Å². The number of carbonyl (C=O) groups excluding carboxylic acids is 4. The molecule has 0 aliphatic carbocycles. The number of carbonyl (C=O) groups is 4. The summed E-state index contributed by atoms with van der Waals surface area (Å²) in [7, 11) is 0. The quantitative estimate of drug-likeness (QED) is 0.0724. The Hall–Kier alpha value is -2.12. The van der Waals surface area contributed by atoms with Gasteiger partial charge in [0.15, 0.2) is 0 Å². The molecule has 0 aliphatic heterocycles. The lowest BCUT2D eigenvalue weighted by atomic mass is 10.2. The molecule has 334 valence electrons. The lowest BCUT2D eigenvalue weighted by molar-refractivity contribution is -0.141. The van der Waals surface area contributed by atoms with E-state index in [-0.39, 0.29) is 23.9 Å². The van der Waals surface area contributed by atoms with E-state index in [1.807, 2.05) is 0 Å². The van der Waals surface area contributed by atoms with Crippen LogP contribution in [-0.4, -0.2) is 50.3 Å². The predicted molar refractivity (Wildman–Crippen MR) is 238 cm³/mol. The zero-order valence-corrected chi connectivity index (χ0v) is 40.2. The molecule has 0 aromatic carbocycles. The van der Waals surface area contributed by atoms with Gasteiger partial charge in [0.2, 0.25) is 0 Å². The first-order chi connectivity index (χ1) is 25.7. The molecule has 0 aliphatic rings. The molecule has 0 atom stereocenters. The van der Waals surface area contributed by atoms with Gasteiger partial charge >= 0.3 is 23.9 Å². The zero-order chi connectivity index (χ0) is 44.1. The summed E-state index contributed by atoms with van der Waals surface area (Å²) in [6.45, 7) is 36.9. The van der Waals surface area contributed by atoms with Crippen LogP contribution < -0.4 is 0 Å². The molecule has 0 unspecified atom stereocenters. The number of hydrogen-bond donors (Lipinski definition) is 0. The molecule has 8 nitrogen and oxygen atoms in total. The summed E-state index contributed by atoms with van der Waals surface area (Å²) in [5, 5.41) is 0. The minimum atomic E-state index is -0.211. The molecule has 0 aromatic heterocycles. The summed E-state index contributed by atoms with van der Waals surface area (Å²) in [6, 6.07) is 0. The Morgan fingerprint density at radius 1 is 0.241 bits per heavy atom. The van der Waals surface area contributed by atoms with E-state index in [2.05, 4.69) is 88.2 Å². The first-order valence-corrected chi connectivity index (χ1v) is 22.2. The Kier molecular flexibility index (Phi) is 119. The summed E-state index contributed by atoms with van der Waals surface area (Å²) in [5.74, 6) is -0.843. The van der Waals surface area contributed by atoms with Gasteiger partial charge in [-0.15, -0.1) is 0 Å². The van der Waals surface area contributed by atoms with Crippen molar-refractivity contribution in [1.29, 1.82) is 0 Å². The van der Waals surface area contributed by atoms with Crippen LogP contribution in [-0.2, 0) is 38.1 Å². The molecular formula is C46H102O8. The van der Waals surface area contributed by atoms with Crippen molar-refractivity contribution in [3.63, 3.8) is 0 Å². The first kappa shape index (κ1) is 73.0. The highest BCUT2D eigenvalue weighted by atomic mass is 16.5. The van der Waals surface area contributed by atoms with E-state index in [4.69, 9.17) is 0 Å². The summed E-state index contributed by atoms with van der Waals surface area (Å²) in [4.78, 5) is 39.3. The molecule has 0 fully saturated rings. The number of unbranched alkanes of at least 4 members (excludes halogenated alkanes) is 15. The third-order valence-corrected chi connectivity index (χ3v) is 6.18. The average molecular weight is 783 g/mol. The van der Waals surface area contributed by atoms with E-state index in [9.17, 15) is 19.2 Å². The highest BCUT2D eigenvalue weighted by Gasteiger charge is 1.84. The van der Waals surface area contributed by atoms with Crippen LogP contribution in [0.2, 0.25) is 0 Å². The molecule has 0 saturated carbocycles. The summed E-state index contributed by atoms with van der Waals surface area (Å²) in [6.07, 6.45) is 27.7. The van der Waals surface area contributed by atoms with Gasteiger partial charge in [-0.25, -0.2) is 0 Å². The third kappa shape index (κ3) is 193. The second-order valence-electron chi connectivity index (χ2n) is 12.2. The van der Waals surface area contributed by atoms with Gasteiger partial charge in [0.1, 0.15) is 0 Å². The maximum atomic E-state index is 9.82. The molecule has 54 heavy (non-hydrogen) atoms. The summed E-state index contributed by atoms with van der Waals surface area (Å²) < 4.78 is 17.6. The van der Waals surface area contributed by atoms with Crippen molar-refractivity contribution in [2.75, 3.05) is 26.4 Å². The fourth-order valence-corrected chi connectivity index (χ4v) is 3.31. The maximum absolute atomic E-state index is 9.82. The molecule has 0 spiro atoms. The molecule has 8 heteroatoms. The number of rotatable bonds is 19. The standard InChI is InChI=1S/5C6H14.4C4H8O2/c5*1-3-5-6-4-2;4*1-3-6-4(2)5/h5*3-6H2,1-2H3;4*3H2,1-2H3. The van der Waals surface area contributed by atoms with Crippen LogP contribution in [0.5, 0.6) is 0 Å². The molecule has 0 heterocycles. The SMILES string of the molecule is CCCCCC.CCCCCC.CCCCCC.CCCCCC.CCCCCC.CCOC(C)=O.CCOC(C)=O.CCOC(C)=O.CCOC(C)=O. The number of ether oxygens (including phenoxy) is 4. The Bertz CT molecular complexity index is 479. The van der Waals surface area contributed by atoms with Crippen molar-refractivity contribution in [2.45, 2.75) is 253 Å². The number of esters is 4. The van der Waals surface area contributed by atoms with Crippen molar-refractivity contribution in [2.24, 2.45) is 0 Å². The van der Waals surface area contributed by atoms with E-state index in [1.165, 1.54) is 156 Å². The Morgan fingerprint density at radius 3 is 0.352 bits per heavy atom. The first-order valence-electron chi connectivity index (χ1n) is 22.2. The van der Waals surface area contributed by atoms with E-state index in [0.717, 1.165) is 0 Å². The second-order valence-corrected chi connectivity index (χ2v) is 12.2. The third-order valence-electron chi connectivity index (χ3n) is 6.18. The van der Waals surface area contributed by atoms with Crippen molar-refractivity contribution >= 4 is 23.9 Å². The van der Waals surface area contributed by atoms with Gasteiger partial charge in [-0.2, -0.15) is 0 Å². The van der Waals surface area contributed by atoms with Gasteiger partial charge in [0, 0.05) is 27.7 Å². The van der Waals surface area contributed by atoms with Crippen LogP contribution in [0.1, 0.15) is 253 Å². The van der Waals surface area contributed by atoms with Crippen LogP contribution in [0, 0.1) is 0 Å². The van der Waals surface area contributed by atoms with E-state index in [0.29, 0.717) is 26.4 Å². The van der Waals surface area contributed by atoms with Crippen molar-refractivity contribution in [3.05, 3.63) is 0 Å². The van der Waals surface area contributed by atoms with Gasteiger partial charge in [0.25, 0.3) is 0 Å². The zero-order valence-electron chi connectivity index (χ0n) is 40.2. The minimum absolute atomic E-state index is 0.211. The van der Waals surface area contributed by atoms with E-state index >= 15 is 0 Å². The van der Waals surface area contributed by atoms with Crippen LogP contribution in [0.15, 0.2) is 0 Å². The summed E-state index contributed by atoms with van der Waals surface area (Å²) in [5.41, 5.74) is 0. The fourth-order valence-electron chi connectivity index (χ4n) is 3.31. The van der Waals surface area contributed by atoms with E-state index in [1.54, 1.807) is 27.7 Å². The summed E-state index contributed by atoms with van der Waals surface area (Å²) >= 11 is 0. The van der Waals surface area contributed by atoms with E-state index < -0.39 is 0 Å². The fraction of sp³-hybridized carbons (Fsp3) is 0.913. The lowest BCUT2D eigenvalue weighted by Crippen LogP contribution is -1.95. The van der Waals surface area contributed by atoms with Crippen molar-refractivity contribution in [1.82, 2.24) is 0 Å². The number of hydrogen-bond acceptors (Lipinski definition) is 8.